The summed E-state index contributed by atoms with van der Waals surface area (Å²) >= 11 is -3.12. The molecular weight excluding hydrogens is 261 g/mol. The summed E-state index contributed by atoms with van der Waals surface area (Å²) in [6.07, 6.45) is 0. The van der Waals surface area contributed by atoms with Gasteiger partial charge in [-0.3, -0.25) is 0 Å². The molecule has 1 aliphatic rings. The maximum atomic E-state index is 12.9. The molecule has 1 aliphatic heterocycles. The van der Waals surface area contributed by atoms with E-state index >= 15 is 0 Å². The Kier molecular flexibility index (Phi) is 2.02. The Morgan fingerprint density at radius 1 is 0.875 bits per heavy atom. The number of hydrogen-bond acceptors (Lipinski definition) is 2. The van der Waals surface area contributed by atoms with Gasteiger partial charge in [0.05, 0.1) is 0 Å². The van der Waals surface area contributed by atoms with Crippen molar-refractivity contribution in [2.45, 2.75) is 5.71 Å². The first kappa shape index (κ1) is 9.80. The average molecular weight is 273 g/mol. The standard InChI is InChI=1S/C13H12AsNO/c1-14(16)10-6-2-4-8-12(10)15-13-9-5-3-7-11(13)14/h2-9,15H,1H3. The molecule has 1 N–H and O–H groups in total. The fourth-order valence-electron chi connectivity index (χ4n) is 2.18. The molecule has 0 bridgehead atoms. The Morgan fingerprint density at radius 3 is 1.81 bits per heavy atom. The summed E-state index contributed by atoms with van der Waals surface area (Å²) in [5, 5.41) is 3.34. The molecule has 0 saturated carbocycles. The average Bonchev–Trinajstić information content (AvgIpc) is 2.29. The van der Waals surface area contributed by atoms with Crippen molar-refractivity contribution in [1.29, 1.82) is 0 Å². The van der Waals surface area contributed by atoms with Crippen LogP contribution >= 0.6 is 0 Å². The molecule has 16 heavy (non-hydrogen) atoms. The van der Waals surface area contributed by atoms with Gasteiger partial charge < -0.3 is 0 Å². The van der Waals surface area contributed by atoms with Crippen LogP contribution in [0.4, 0.5) is 11.4 Å². The monoisotopic (exact) mass is 273 g/mol. The predicted octanol–water partition coefficient (Wildman–Crippen LogP) is 1.86. The number of hydrogen-bond donors (Lipinski definition) is 1. The van der Waals surface area contributed by atoms with Gasteiger partial charge in [0.1, 0.15) is 0 Å². The Labute approximate surface area is 97.0 Å². The van der Waals surface area contributed by atoms with Crippen molar-refractivity contribution in [2.24, 2.45) is 0 Å². The predicted molar refractivity (Wildman–Crippen MR) is 67.7 cm³/mol. The number of rotatable bonds is 0. The van der Waals surface area contributed by atoms with Gasteiger partial charge in [0, 0.05) is 0 Å². The first-order valence-corrected chi connectivity index (χ1v) is 9.75. The molecular formula is C13H12AsNO. The van der Waals surface area contributed by atoms with Crippen LogP contribution in [0.15, 0.2) is 48.5 Å². The van der Waals surface area contributed by atoms with E-state index in [2.05, 4.69) is 5.32 Å². The molecule has 3 rings (SSSR count). The summed E-state index contributed by atoms with van der Waals surface area (Å²) < 4.78 is 14.9. The summed E-state index contributed by atoms with van der Waals surface area (Å²) in [7, 11) is 0. The van der Waals surface area contributed by atoms with E-state index in [0.717, 1.165) is 20.1 Å². The van der Waals surface area contributed by atoms with Gasteiger partial charge in [-0.25, -0.2) is 0 Å². The fraction of sp³-hybridized carbons (Fsp3) is 0.0769. The summed E-state index contributed by atoms with van der Waals surface area (Å²) in [6.45, 7) is 0. The van der Waals surface area contributed by atoms with Gasteiger partial charge in [0.2, 0.25) is 0 Å². The second kappa shape index (κ2) is 3.29. The molecule has 0 saturated heterocycles. The fourth-order valence-corrected chi connectivity index (χ4v) is 6.75. The van der Waals surface area contributed by atoms with E-state index in [1.54, 1.807) is 0 Å². The quantitative estimate of drug-likeness (QED) is 0.742. The van der Waals surface area contributed by atoms with Crippen molar-refractivity contribution in [1.82, 2.24) is 0 Å². The minimum absolute atomic E-state index is 0.985. The van der Waals surface area contributed by atoms with Gasteiger partial charge >= 0.3 is 96.9 Å². The third kappa shape index (κ3) is 1.27. The zero-order chi connectivity index (χ0) is 11.2. The molecule has 2 aromatic carbocycles. The van der Waals surface area contributed by atoms with Crippen LogP contribution in [0, 0.1) is 0 Å². The number of para-hydroxylation sites is 2. The van der Waals surface area contributed by atoms with E-state index in [-0.39, 0.29) is 0 Å². The molecule has 1 heterocycles. The van der Waals surface area contributed by atoms with Crippen molar-refractivity contribution >= 4 is 33.6 Å². The van der Waals surface area contributed by atoms with Crippen molar-refractivity contribution in [2.75, 3.05) is 5.32 Å². The van der Waals surface area contributed by atoms with Crippen molar-refractivity contribution < 1.29 is 3.74 Å². The van der Waals surface area contributed by atoms with E-state index in [9.17, 15) is 3.74 Å². The van der Waals surface area contributed by atoms with Gasteiger partial charge in [-0.15, -0.1) is 0 Å². The van der Waals surface area contributed by atoms with Crippen LogP contribution in [0.3, 0.4) is 0 Å². The summed E-state index contributed by atoms with van der Waals surface area (Å²) in [4.78, 5) is 0. The number of anilines is 2. The minimum atomic E-state index is -3.12. The van der Waals surface area contributed by atoms with E-state index in [1.807, 2.05) is 54.2 Å². The second-order valence-corrected chi connectivity index (χ2v) is 9.98. The second-order valence-electron chi connectivity index (χ2n) is 4.08. The van der Waals surface area contributed by atoms with Crippen molar-refractivity contribution in [3.05, 3.63) is 48.5 Å². The molecule has 0 fully saturated rings. The third-order valence-electron chi connectivity index (χ3n) is 3.00. The van der Waals surface area contributed by atoms with Crippen LogP contribution in [0.25, 0.3) is 0 Å². The Hall–Kier alpha value is -1.40. The first-order valence-electron chi connectivity index (χ1n) is 5.23. The van der Waals surface area contributed by atoms with E-state index < -0.39 is 13.5 Å². The third-order valence-corrected chi connectivity index (χ3v) is 8.49. The zero-order valence-electron chi connectivity index (χ0n) is 8.97. The summed E-state index contributed by atoms with van der Waals surface area (Å²) in [6, 6.07) is 15.8. The molecule has 0 atom stereocenters. The summed E-state index contributed by atoms with van der Waals surface area (Å²) in [5.41, 5.74) is 3.88. The van der Waals surface area contributed by atoms with E-state index in [0.29, 0.717) is 0 Å². The summed E-state index contributed by atoms with van der Waals surface area (Å²) in [5.74, 6) is 0. The Bertz CT molecular complexity index is 557. The molecule has 80 valence electrons. The molecule has 0 spiro atoms. The zero-order valence-corrected chi connectivity index (χ0v) is 10.9. The van der Waals surface area contributed by atoms with Crippen LogP contribution in [0.5, 0.6) is 0 Å². The first-order chi connectivity index (χ1) is 7.69. The molecule has 2 nitrogen and oxygen atoms in total. The molecule has 0 amide bonds. The van der Waals surface area contributed by atoms with Gasteiger partial charge in [0.15, 0.2) is 0 Å². The van der Waals surface area contributed by atoms with Crippen LogP contribution in [-0.2, 0) is 3.74 Å². The van der Waals surface area contributed by atoms with Crippen LogP contribution in [-0.4, -0.2) is 13.5 Å². The Balaban J connectivity index is 2.33. The van der Waals surface area contributed by atoms with Crippen LogP contribution in [0.2, 0.25) is 5.71 Å². The van der Waals surface area contributed by atoms with Crippen molar-refractivity contribution in [3.8, 4) is 0 Å². The van der Waals surface area contributed by atoms with Crippen molar-refractivity contribution in [3.63, 3.8) is 0 Å². The van der Waals surface area contributed by atoms with E-state index in [1.165, 1.54) is 0 Å². The normalized spacial score (nSPS) is 15.8. The van der Waals surface area contributed by atoms with Gasteiger partial charge in [-0.2, -0.15) is 0 Å². The SMILES string of the molecule is C[As]1(=O)c2ccccc2Nc2ccccc21. The van der Waals surface area contributed by atoms with Gasteiger partial charge in [-0.05, 0) is 0 Å². The number of nitrogens with one attached hydrogen (secondary N) is 1. The molecule has 0 aromatic heterocycles. The molecule has 2 aromatic rings. The maximum absolute atomic E-state index is 12.9. The van der Waals surface area contributed by atoms with Crippen LogP contribution in [0.1, 0.15) is 0 Å². The van der Waals surface area contributed by atoms with E-state index in [4.69, 9.17) is 0 Å². The molecule has 0 radical (unpaired) electrons. The number of benzene rings is 2. The molecule has 3 heteroatoms. The van der Waals surface area contributed by atoms with Gasteiger partial charge in [-0.1, -0.05) is 0 Å². The number of fused-ring (bicyclic) bond motifs is 2. The van der Waals surface area contributed by atoms with Crippen LogP contribution < -0.4 is 14.0 Å². The van der Waals surface area contributed by atoms with Gasteiger partial charge in [0.25, 0.3) is 0 Å². The molecule has 0 aliphatic carbocycles. The topological polar surface area (TPSA) is 29.1 Å². The Morgan fingerprint density at radius 2 is 1.31 bits per heavy atom. The molecule has 0 unspecified atom stereocenters.